The van der Waals surface area contributed by atoms with Crippen molar-refractivity contribution >= 4 is 6.09 Å². The lowest BCUT2D eigenvalue weighted by atomic mass is 9.83. The quantitative estimate of drug-likeness (QED) is 0.443. The molecule has 1 saturated carbocycles. The van der Waals surface area contributed by atoms with Gasteiger partial charge in [-0.15, -0.1) is 0 Å². The Kier molecular flexibility index (Phi) is 9.22. The van der Waals surface area contributed by atoms with Crippen molar-refractivity contribution in [1.82, 2.24) is 9.80 Å². The van der Waals surface area contributed by atoms with Crippen molar-refractivity contribution in [3.63, 3.8) is 0 Å². The molecule has 3 atom stereocenters. The lowest BCUT2D eigenvalue weighted by Crippen LogP contribution is -2.51. The zero-order chi connectivity index (χ0) is 24.6. The Balaban J connectivity index is 1.24. The lowest BCUT2D eigenvalue weighted by molar-refractivity contribution is -0.0317. The van der Waals surface area contributed by atoms with Gasteiger partial charge in [0.1, 0.15) is 0 Å². The molecule has 35 heavy (non-hydrogen) atoms. The van der Waals surface area contributed by atoms with E-state index in [4.69, 9.17) is 4.74 Å². The summed E-state index contributed by atoms with van der Waals surface area (Å²) < 4.78 is 6.26. The van der Waals surface area contributed by atoms with Crippen molar-refractivity contribution in [3.05, 3.63) is 71.8 Å². The predicted octanol–water partition coefficient (Wildman–Crippen LogP) is 6.57. The maximum absolute atomic E-state index is 11.5. The van der Waals surface area contributed by atoms with Crippen molar-refractivity contribution in [3.8, 4) is 0 Å². The van der Waals surface area contributed by atoms with Gasteiger partial charge < -0.3 is 14.7 Å². The van der Waals surface area contributed by atoms with E-state index in [0.29, 0.717) is 6.04 Å². The van der Waals surface area contributed by atoms with E-state index in [1.807, 2.05) is 13.8 Å². The third-order valence-electron chi connectivity index (χ3n) is 8.05. The van der Waals surface area contributed by atoms with Crippen LogP contribution in [0.1, 0.15) is 69.9 Å². The first kappa shape index (κ1) is 25.7. The minimum atomic E-state index is -0.811. The molecular formula is C30H42N2O3. The van der Waals surface area contributed by atoms with Gasteiger partial charge >= 0.3 is 6.09 Å². The van der Waals surface area contributed by atoms with Gasteiger partial charge in [-0.05, 0) is 75.8 Å². The van der Waals surface area contributed by atoms with Gasteiger partial charge in [-0.1, -0.05) is 60.7 Å². The molecule has 0 bridgehead atoms. The zero-order valence-corrected chi connectivity index (χ0v) is 21.4. The van der Waals surface area contributed by atoms with E-state index >= 15 is 0 Å². The molecule has 0 aromatic heterocycles. The summed E-state index contributed by atoms with van der Waals surface area (Å²) in [5, 5.41) is 9.42. The van der Waals surface area contributed by atoms with E-state index in [1.54, 1.807) is 4.90 Å². The van der Waals surface area contributed by atoms with Crippen LogP contribution in [0, 0.1) is 5.92 Å². The highest BCUT2D eigenvalue weighted by Gasteiger charge is 2.34. The first-order chi connectivity index (χ1) is 17.0. The van der Waals surface area contributed by atoms with Gasteiger partial charge in [0.2, 0.25) is 0 Å². The van der Waals surface area contributed by atoms with Crippen LogP contribution in [0.5, 0.6) is 0 Å². The molecule has 2 aliphatic rings. The Morgan fingerprint density at radius 3 is 1.89 bits per heavy atom. The van der Waals surface area contributed by atoms with Gasteiger partial charge in [0.15, 0.2) is 0 Å². The van der Waals surface area contributed by atoms with Gasteiger partial charge in [0.25, 0.3) is 0 Å². The predicted molar refractivity (Wildman–Crippen MR) is 140 cm³/mol. The number of hydrogen-bond donors (Lipinski definition) is 1. The van der Waals surface area contributed by atoms with Gasteiger partial charge in [-0.25, -0.2) is 4.79 Å². The van der Waals surface area contributed by atoms with Crippen molar-refractivity contribution in [2.45, 2.75) is 96.1 Å². The molecule has 2 aromatic rings. The fourth-order valence-electron chi connectivity index (χ4n) is 6.18. The summed E-state index contributed by atoms with van der Waals surface area (Å²) in [6.45, 7) is 6.79. The second-order valence-electron chi connectivity index (χ2n) is 10.7. The van der Waals surface area contributed by atoms with Gasteiger partial charge in [-0.3, -0.25) is 4.90 Å². The summed E-state index contributed by atoms with van der Waals surface area (Å²) in [5.74, 6) is 0.732. The van der Waals surface area contributed by atoms with Crippen LogP contribution in [0.3, 0.4) is 0 Å². The normalized spacial score (nSPS) is 27.2. The molecule has 2 aromatic carbocycles. The maximum Gasteiger partial charge on any atom is 0.407 e. The van der Waals surface area contributed by atoms with E-state index in [1.165, 1.54) is 36.8 Å². The second kappa shape index (κ2) is 12.5. The summed E-state index contributed by atoms with van der Waals surface area (Å²) in [4.78, 5) is 15.7. The Morgan fingerprint density at radius 2 is 1.40 bits per heavy atom. The molecule has 190 valence electrons. The van der Waals surface area contributed by atoms with Crippen LogP contribution in [-0.4, -0.2) is 51.8 Å². The van der Waals surface area contributed by atoms with Crippen molar-refractivity contribution in [2.24, 2.45) is 5.92 Å². The van der Waals surface area contributed by atoms with Crippen molar-refractivity contribution < 1.29 is 14.6 Å². The minimum Gasteiger partial charge on any atom is -0.465 e. The highest BCUT2D eigenvalue weighted by molar-refractivity contribution is 5.66. The van der Waals surface area contributed by atoms with Crippen LogP contribution in [-0.2, 0) is 17.8 Å². The number of carboxylic acid groups (broad SMARTS) is 1. The summed E-state index contributed by atoms with van der Waals surface area (Å²) in [6.07, 6.45) is 7.11. The summed E-state index contributed by atoms with van der Waals surface area (Å²) in [7, 11) is 0. The summed E-state index contributed by atoms with van der Waals surface area (Å²) in [6, 6.07) is 22.4. The number of likely N-dealkylation sites (tertiary alicyclic amines) is 1. The van der Waals surface area contributed by atoms with E-state index in [-0.39, 0.29) is 18.2 Å². The zero-order valence-electron chi connectivity index (χ0n) is 21.4. The molecular weight excluding hydrogens is 436 g/mol. The summed E-state index contributed by atoms with van der Waals surface area (Å²) in [5.41, 5.74) is 2.77. The number of ether oxygens (including phenoxy) is 1. The molecule has 1 heterocycles. The number of nitrogens with zero attached hydrogens (tertiary/aromatic N) is 2. The number of amides is 1. The molecule has 4 rings (SSSR count). The van der Waals surface area contributed by atoms with Gasteiger partial charge in [-0.2, -0.15) is 0 Å². The molecule has 5 nitrogen and oxygen atoms in total. The van der Waals surface area contributed by atoms with Crippen LogP contribution in [0.4, 0.5) is 4.79 Å². The Labute approximate surface area is 211 Å². The smallest absolute Gasteiger partial charge is 0.407 e. The van der Waals surface area contributed by atoms with E-state index in [9.17, 15) is 9.90 Å². The average Bonchev–Trinajstić information content (AvgIpc) is 2.85. The SMILES string of the molecule is C[C@@H]1CC(OCCC2CCC(N(Cc3ccccc3)Cc3ccccc3)CC2)C[C@H](C)N1C(=O)O. The molecule has 5 heteroatoms. The number of piperidine rings is 1. The third-order valence-corrected chi connectivity index (χ3v) is 8.05. The Bertz CT molecular complexity index is 845. The van der Waals surface area contributed by atoms with Crippen LogP contribution in [0.25, 0.3) is 0 Å². The fourth-order valence-corrected chi connectivity index (χ4v) is 6.18. The van der Waals surface area contributed by atoms with Crippen molar-refractivity contribution in [2.75, 3.05) is 6.61 Å². The van der Waals surface area contributed by atoms with Gasteiger partial charge in [0.05, 0.1) is 6.10 Å². The molecule has 1 saturated heterocycles. The molecule has 1 aliphatic heterocycles. The van der Waals surface area contributed by atoms with Crippen LogP contribution < -0.4 is 0 Å². The van der Waals surface area contributed by atoms with Crippen LogP contribution in [0.2, 0.25) is 0 Å². The third kappa shape index (κ3) is 7.31. The molecule has 1 unspecified atom stereocenters. The van der Waals surface area contributed by atoms with E-state index in [2.05, 4.69) is 65.6 Å². The Morgan fingerprint density at radius 1 is 0.886 bits per heavy atom. The number of carbonyl (C=O) groups is 1. The second-order valence-corrected chi connectivity index (χ2v) is 10.7. The first-order valence-corrected chi connectivity index (χ1v) is 13.4. The van der Waals surface area contributed by atoms with Crippen LogP contribution in [0.15, 0.2) is 60.7 Å². The fraction of sp³-hybridized carbons (Fsp3) is 0.567. The largest absolute Gasteiger partial charge is 0.465 e. The molecule has 0 radical (unpaired) electrons. The maximum atomic E-state index is 11.5. The van der Waals surface area contributed by atoms with Crippen molar-refractivity contribution in [1.29, 1.82) is 0 Å². The highest BCUT2D eigenvalue weighted by Crippen LogP contribution is 2.32. The van der Waals surface area contributed by atoms with Gasteiger partial charge in [0, 0.05) is 37.8 Å². The molecule has 1 N–H and O–H groups in total. The Hall–Kier alpha value is -2.37. The molecule has 0 spiro atoms. The molecule has 1 aliphatic carbocycles. The monoisotopic (exact) mass is 478 g/mol. The topological polar surface area (TPSA) is 53.0 Å². The lowest BCUT2D eigenvalue weighted by Gasteiger charge is -2.41. The number of rotatable bonds is 9. The highest BCUT2D eigenvalue weighted by atomic mass is 16.5. The average molecular weight is 479 g/mol. The standard InChI is InChI=1S/C30H42N2O3/c1-23-19-29(20-24(2)32(23)30(33)34)35-18-17-25-13-15-28(16-14-25)31(21-26-9-5-3-6-10-26)22-27-11-7-4-8-12-27/h3-12,23-25,28-29H,13-22H2,1-2H3,(H,33,34)/t23-,24+,25?,28?,29?. The first-order valence-electron chi connectivity index (χ1n) is 13.4. The number of benzene rings is 2. The molecule has 2 fully saturated rings. The van der Waals surface area contributed by atoms with E-state index in [0.717, 1.165) is 44.9 Å². The summed E-state index contributed by atoms with van der Waals surface area (Å²) >= 11 is 0. The van der Waals surface area contributed by atoms with E-state index < -0.39 is 6.09 Å². The molecule has 1 amide bonds. The number of hydrogen-bond acceptors (Lipinski definition) is 3. The minimum absolute atomic E-state index is 0.0249. The van der Waals surface area contributed by atoms with Crippen LogP contribution >= 0.6 is 0 Å².